The predicted molar refractivity (Wildman–Crippen MR) is 122 cm³/mol. The summed E-state index contributed by atoms with van der Waals surface area (Å²) >= 11 is 0. The molecule has 2 aliphatic rings. The second-order valence-corrected chi connectivity index (χ2v) is 8.15. The zero-order chi connectivity index (χ0) is 22.7. The van der Waals surface area contributed by atoms with Gasteiger partial charge in [0.1, 0.15) is 5.75 Å². The molecule has 2 aromatic carbocycles. The lowest BCUT2D eigenvalue weighted by atomic mass is 9.91. The summed E-state index contributed by atoms with van der Waals surface area (Å²) < 4.78 is 16.3. The van der Waals surface area contributed by atoms with E-state index < -0.39 is 0 Å². The Kier molecular flexibility index (Phi) is 6.55. The maximum Gasteiger partial charge on any atom is 0.249 e. The molecule has 32 heavy (non-hydrogen) atoms. The van der Waals surface area contributed by atoms with E-state index >= 15 is 0 Å². The number of hydrogen-bond acceptors (Lipinski definition) is 6. The van der Waals surface area contributed by atoms with E-state index in [0.29, 0.717) is 36.8 Å². The minimum absolute atomic E-state index is 0.121. The summed E-state index contributed by atoms with van der Waals surface area (Å²) in [7, 11) is 4.83. The highest BCUT2D eigenvalue weighted by Crippen LogP contribution is 2.38. The number of ether oxygens (including phenoxy) is 3. The summed E-state index contributed by atoms with van der Waals surface area (Å²) in [5.41, 5.74) is 4.05. The number of nitrogens with zero attached hydrogens (tertiary/aromatic N) is 2. The first-order valence-corrected chi connectivity index (χ1v) is 10.9. The van der Waals surface area contributed by atoms with Crippen LogP contribution in [0.25, 0.3) is 6.08 Å². The van der Waals surface area contributed by atoms with Crippen molar-refractivity contribution in [2.75, 3.05) is 47.5 Å². The van der Waals surface area contributed by atoms with Crippen LogP contribution in [0.3, 0.4) is 0 Å². The molecule has 0 unspecified atom stereocenters. The van der Waals surface area contributed by atoms with Crippen molar-refractivity contribution in [1.82, 2.24) is 9.80 Å². The van der Waals surface area contributed by atoms with Crippen LogP contribution in [0.2, 0.25) is 0 Å². The summed E-state index contributed by atoms with van der Waals surface area (Å²) in [5.74, 6) is 2.28. The molecule has 170 valence electrons. The zero-order valence-electron chi connectivity index (χ0n) is 18.9. The quantitative estimate of drug-likeness (QED) is 0.747. The Hall–Kier alpha value is -3.19. The van der Waals surface area contributed by atoms with Crippen molar-refractivity contribution in [2.24, 2.45) is 0 Å². The number of methoxy groups -OCH3 is 3. The van der Waals surface area contributed by atoms with E-state index in [0.717, 1.165) is 48.3 Å². The number of hydrogen-bond donors (Lipinski definition) is 1. The Morgan fingerprint density at radius 2 is 1.62 bits per heavy atom. The van der Waals surface area contributed by atoms with Crippen LogP contribution in [0, 0.1) is 0 Å². The lowest BCUT2D eigenvalue weighted by molar-refractivity contribution is -0.129. The Morgan fingerprint density at radius 3 is 2.25 bits per heavy atom. The molecular formula is C25H30N2O5. The highest BCUT2D eigenvalue weighted by atomic mass is 16.5. The lowest BCUT2D eigenvalue weighted by Crippen LogP contribution is -2.48. The van der Waals surface area contributed by atoms with E-state index in [4.69, 9.17) is 14.2 Å². The van der Waals surface area contributed by atoms with Gasteiger partial charge in [-0.05, 0) is 59.9 Å². The summed E-state index contributed by atoms with van der Waals surface area (Å²) in [6.07, 6.45) is 3.46. The third-order valence-corrected chi connectivity index (χ3v) is 6.18. The first kappa shape index (κ1) is 22.0. The van der Waals surface area contributed by atoms with Crippen molar-refractivity contribution in [1.29, 1.82) is 0 Å². The number of aryl methyl sites for hydroxylation is 1. The molecule has 0 saturated carbocycles. The van der Waals surface area contributed by atoms with Crippen LogP contribution < -0.4 is 14.2 Å². The number of piperazine rings is 1. The molecule has 1 heterocycles. The highest BCUT2D eigenvalue weighted by Gasteiger charge is 2.26. The highest BCUT2D eigenvalue weighted by molar-refractivity contribution is 5.98. The number of phenols is 1. The molecule has 4 rings (SSSR count). The zero-order valence-corrected chi connectivity index (χ0v) is 18.9. The van der Waals surface area contributed by atoms with E-state index in [2.05, 4.69) is 4.90 Å². The molecule has 1 aliphatic carbocycles. The van der Waals surface area contributed by atoms with Crippen LogP contribution in [0.5, 0.6) is 23.0 Å². The average Bonchev–Trinajstić information content (AvgIpc) is 2.83. The fraction of sp³-hybridized carbons (Fsp3) is 0.400. The van der Waals surface area contributed by atoms with Crippen molar-refractivity contribution >= 4 is 12.0 Å². The van der Waals surface area contributed by atoms with Gasteiger partial charge in [-0.3, -0.25) is 9.69 Å². The molecule has 7 nitrogen and oxygen atoms in total. The third kappa shape index (κ3) is 4.53. The topological polar surface area (TPSA) is 71.5 Å². The molecule has 0 radical (unpaired) electrons. The summed E-state index contributed by atoms with van der Waals surface area (Å²) in [4.78, 5) is 17.4. The van der Waals surface area contributed by atoms with Gasteiger partial charge in [0.15, 0.2) is 11.5 Å². The smallest absolute Gasteiger partial charge is 0.249 e. The average molecular weight is 439 g/mol. The van der Waals surface area contributed by atoms with Gasteiger partial charge in [0.25, 0.3) is 0 Å². The van der Waals surface area contributed by atoms with E-state index in [-0.39, 0.29) is 11.7 Å². The standard InChI is InChI=1S/C25H30N2O5/c1-30-22-12-17(13-23(31-2)24(22)32-3)16-26-8-10-27(11-9-26)25(29)20-5-4-19-15-21(28)7-6-18(19)14-20/h6-7,12-15,28H,4-5,8-11,16H2,1-3H3. The molecule has 1 N–H and O–H groups in total. The number of fused-ring (bicyclic) bond motifs is 1. The van der Waals surface area contributed by atoms with Crippen molar-refractivity contribution in [2.45, 2.75) is 19.4 Å². The third-order valence-electron chi connectivity index (χ3n) is 6.18. The molecule has 0 atom stereocenters. The Balaban J connectivity index is 1.38. The molecule has 2 aromatic rings. The van der Waals surface area contributed by atoms with Gasteiger partial charge >= 0.3 is 0 Å². The van der Waals surface area contributed by atoms with E-state index in [9.17, 15) is 9.90 Å². The van der Waals surface area contributed by atoms with Gasteiger partial charge in [-0.2, -0.15) is 0 Å². The van der Waals surface area contributed by atoms with Crippen molar-refractivity contribution in [3.63, 3.8) is 0 Å². The number of amides is 1. The first-order valence-electron chi connectivity index (χ1n) is 10.9. The second kappa shape index (κ2) is 9.53. The molecule has 1 amide bonds. The molecule has 1 saturated heterocycles. The molecule has 0 aromatic heterocycles. The fourth-order valence-corrected chi connectivity index (χ4v) is 4.44. The number of benzene rings is 2. The minimum atomic E-state index is 0.121. The van der Waals surface area contributed by atoms with Crippen LogP contribution in [-0.4, -0.2) is 68.3 Å². The summed E-state index contributed by atoms with van der Waals surface area (Å²) in [6, 6.07) is 9.29. The first-order chi connectivity index (χ1) is 15.5. The van der Waals surface area contributed by atoms with Gasteiger partial charge in [0.2, 0.25) is 11.7 Å². The SMILES string of the molecule is COc1cc(CN2CCN(C(=O)C3=Cc4ccc(O)cc4CC3)CC2)cc(OC)c1OC. The van der Waals surface area contributed by atoms with Crippen LogP contribution >= 0.6 is 0 Å². The fourth-order valence-electron chi connectivity index (χ4n) is 4.44. The van der Waals surface area contributed by atoms with E-state index in [1.165, 1.54) is 0 Å². The molecular weight excluding hydrogens is 408 g/mol. The van der Waals surface area contributed by atoms with Crippen LogP contribution in [0.1, 0.15) is 23.1 Å². The van der Waals surface area contributed by atoms with Crippen molar-refractivity contribution in [3.05, 3.63) is 52.6 Å². The Bertz CT molecular complexity index is 1000. The van der Waals surface area contributed by atoms with E-state index in [1.807, 2.05) is 29.2 Å². The number of aromatic hydroxyl groups is 1. The molecule has 1 aliphatic heterocycles. The van der Waals surface area contributed by atoms with Gasteiger partial charge in [-0.15, -0.1) is 0 Å². The normalized spacial score (nSPS) is 16.2. The van der Waals surface area contributed by atoms with Crippen molar-refractivity contribution in [3.8, 4) is 23.0 Å². The predicted octanol–water partition coefficient (Wildman–Crippen LogP) is 3.09. The van der Waals surface area contributed by atoms with Gasteiger partial charge in [0.05, 0.1) is 21.3 Å². The minimum Gasteiger partial charge on any atom is -0.508 e. The largest absolute Gasteiger partial charge is 0.508 e. The van der Waals surface area contributed by atoms with Gasteiger partial charge in [0, 0.05) is 38.3 Å². The monoisotopic (exact) mass is 438 g/mol. The molecule has 1 fully saturated rings. The van der Waals surface area contributed by atoms with E-state index in [1.54, 1.807) is 33.5 Å². The number of carbonyl (C=O) groups excluding carboxylic acids is 1. The summed E-state index contributed by atoms with van der Waals surface area (Å²) in [5, 5.41) is 9.66. The lowest BCUT2D eigenvalue weighted by Gasteiger charge is -2.35. The molecule has 0 bridgehead atoms. The summed E-state index contributed by atoms with van der Waals surface area (Å²) in [6.45, 7) is 3.75. The van der Waals surface area contributed by atoms with Crippen LogP contribution in [-0.2, 0) is 17.8 Å². The maximum absolute atomic E-state index is 13.1. The van der Waals surface area contributed by atoms with Crippen LogP contribution in [0.4, 0.5) is 0 Å². The number of carbonyl (C=O) groups is 1. The van der Waals surface area contributed by atoms with Crippen LogP contribution in [0.15, 0.2) is 35.9 Å². The Morgan fingerprint density at radius 1 is 0.938 bits per heavy atom. The molecule has 0 spiro atoms. The number of rotatable bonds is 6. The van der Waals surface area contributed by atoms with Gasteiger partial charge in [-0.25, -0.2) is 0 Å². The maximum atomic E-state index is 13.1. The van der Waals surface area contributed by atoms with Crippen molar-refractivity contribution < 1.29 is 24.1 Å². The van der Waals surface area contributed by atoms with Gasteiger partial charge in [-0.1, -0.05) is 6.07 Å². The number of phenolic OH excluding ortho intramolecular Hbond substituents is 1. The van der Waals surface area contributed by atoms with Gasteiger partial charge < -0.3 is 24.2 Å². The Labute approximate surface area is 188 Å². The molecule has 7 heteroatoms. The second-order valence-electron chi connectivity index (χ2n) is 8.15.